The van der Waals surface area contributed by atoms with Crippen molar-refractivity contribution in [2.45, 2.75) is 6.92 Å². The molecule has 0 bridgehead atoms. The highest BCUT2D eigenvalue weighted by atomic mass is 79.9. The van der Waals surface area contributed by atoms with Crippen LogP contribution in [0.5, 0.6) is 0 Å². The summed E-state index contributed by atoms with van der Waals surface area (Å²) in [5.41, 5.74) is 7.84. The van der Waals surface area contributed by atoms with Gasteiger partial charge < -0.3 is 11.1 Å². The molecule has 0 unspecified atom stereocenters. The number of hydrogen-bond donors (Lipinski definition) is 2. The number of halogens is 3. The van der Waals surface area contributed by atoms with Gasteiger partial charge in [-0.25, -0.2) is 9.37 Å². The smallest absolute Gasteiger partial charge is 0.145 e. The van der Waals surface area contributed by atoms with E-state index in [1.165, 1.54) is 12.1 Å². The molecule has 1 aromatic carbocycles. The highest BCUT2D eigenvalue weighted by molar-refractivity contribution is 9.11. The SMILES string of the molecule is Cc1c(N)cnc(Nc2cc(F)ccc2Br)c1Br. The molecule has 6 heteroatoms. The number of pyridine rings is 1. The maximum absolute atomic E-state index is 13.2. The highest BCUT2D eigenvalue weighted by Crippen LogP contribution is 2.32. The fraction of sp³-hybridized carbons (Fsp3) is 0.0833. The lowest BCUT2D eigenvalue weighted by Gasteiger charge is -2.12. The van der Waals surface area contributed by atoms with Gasteiger partial charge in [0.05, 0.1) is 22.0 Å². The minimum Gasteiger partial charge on any atom is -0.397 e. The van der Waals surface area contributed by atoms with Crippen LogP contribution in [0.1, 0.15) is 5.56 Å². The Hall–Kier alpha value is -1.14. The Morgan fingerprint density at radius 3 is 2.78 bits per heavy atom. The monoisotopic (exact) mass is 373 g/mol. The van der Waals surface area contributed by atoms with Crippen LogP contribution < -0.4 is 11.1 Å². The molecule has 0 aliphatic rings. The zero-order chi connectivity index (χ0) is 13.3. The summed E-state index contributed by atoms with van der Waals surface area (Å²) in [5.74, 6) is 0.275. The summed E-state index contributed by atoms with van der Waals surface area (Å²) in [4.78, 5) is 4.18. The largest absolute Gasteiger partial charge is 0.397 e. The number of hydrogen-bond acceptors (Lipinski definition) is 3. The molecular formula is C12H10Br2FN3. The van der Waals surface area contributed by atoms with Crippen LogP contribution in [-0.2, 0) is 0 Å². The van der Waals surface area contributed by atoms with E-state index >= 15 is 0 Å². The van der Waals surface area contributed by atoms with Crippen LogP contribution in [0.3, 0.4) is 0 Å². The predicted molar refractivity (Wildman–Crippen MR) is 78.5 cm³/mol. The Bertz CT molecular complexity index is 602. The maximum Gasteiger partial charge on any atom is 0.145 e. The van der Waals surface area contributed by atoms with Crippen molar-refractivity contribution in [3.8, 4) is 0 Å². The lowest BCUT2D eigenvalue weighted by Crippen LogP contribution is -2.00. The van der Waals surface area contributed by atoms with Crippen molar-refractivity contribution in [3.05, 3.63) is 44.7 Å². The number of benzene rings is 1. The quantitative estimate of drug-likeness (QED) is 0.820. The molecular weight excluding hydrogens is 365 g/mol. The molecule has 0 amide bonds. The minimum absolute atomic E-state index is 0.316. The first-order chi connectivity index (χ1) is 8.49. The fourth-order valence-corrected chi connectivity index (χ4v) is 2.18. The van der Waals surface area contributed by atoms with Gasteiger partial charge in [0.2, 0.25) is 0 Å². The molecule has 1 aromatic heterocycles. The second-order valence-corrected chi connectivity index (χ2v) is 5.40. The van der Waals surface area contributed by atoms with E-state index in [1.54, 1.807) is 12.3 Å². The van der Waals surface area contributed by atoms with Crippen molar-refractivity contribution in [1.29, 1.82) is 0 Å². The molecule has 0 fully saturated rings. The number of anilines is 3. The van der Waals surface area contributed by atoms with E-state index in [4.69, 9.17) is 5.73 Å². The van der Waals surface area contributed by atoms with Gasteiger partial charge in [-0.1, -0.05) is 0 Å². The first kappa shape index (κ1) is 13.3. The Kier molecular flexibility index (Phi) is 3.87. The van der Waals surface area contributed by atoms with Crippen molar-refractivity contribution in [2.75, 3.05) is 11.1 Å². The number of nitrogen functional groups attached to an aromatic ring is 1. The first-order valence-electron chi connectivity index (χ1n) is 5.11. The van der Waals surface area contributed by atoms with E-state index in [0.717, 1.165) is 14.5 Å². The molecule has 0 saturated heterocycles. The average Bonchev–Trinajstić information content (AvgIpc) is 2.34. The summed E-state index contributed by atoms with van der Waals surface area (Å²) in [6.45, 7) is 1.88. The Morgan fingerprint density at radius 1 is 1.33 bits per heavy atom. The van der Waals surface area contributed by atoms with Crippen LogP contribution in [0.2, 0.25) is 0 Å². The second-order valence-electron chi connectivity index (χ2n) is 3.75. The second kappa shape index (κ2) is 5.24. The number of aromatic nitrogens is 1. The number of nitrogens with one attached hydrogen (secondary N) is 1. The van der Waals surface area contributed by atoms with E-state index in [0.29, 0.717) is 17.2 Å². The lowest BCUT2D eigenvalue weighted by atomic mass is 10.2. The maximum atomic E-state index is 13.2. The summed E-state index contributed by atoms with van der Waals surface area (Å²) < 4.78 is 14.7. The molecule has 1 heterocycles. The zero-order valence-electron chi connectivity index (χ0n) is 9.47. The molecule has 0 atom stereocenters. The van der Waals surface area contributed by atoms with Crippen molar-refractivity contribution in [1.82, 2.24) is 4.98 Å². The van der Waals surface area contributed by atoms with Crippen LogP contribution in [0.4, 0.5) is 21.6 Å². The van der Waals surface area contributed by atoms with Crippen LogP contribution in [0, 0.1) is 12.7 Å². The fourth-order valence-electron chi connectivity index (χ4n) is 1.40. The van der Waals surface area contributed by atoms with E-state index < -0.39 is 0 Å². The Morgan fingerprint density at radius 2 is 2.06 bits per heavy atom. The third kappa shape index (κ3) is 2.64. The van der Waals surface area contributed by atoms with E-state index in [2.05, 4.69) is 42.2 Å². The van der Waals surface area contributed by atoms with Gasteiger partial charge >= 0.3 is 0 Å². The van der Waals surface area contributed by atoms with Crippen LogP contribution >= 0.6 is 31.9 Å². The molecule has 94 valence electrons. The normalized spacial score (nSPS) is 10.4. The number of nitrogens with zero attached hydrogens (tertiary/aromatic N) is 1. The summed E-state index contributed by atoms with van der Waals surface area (Å²) in [6.07, 6.45) is 1.57. The predicted octanol–water partition coefficient (Wildman–Crippen LogP) is 4.38. The molecule has 18 heavy (non-hydrogen) atoms. The summed E-state index contributed by atoms with van der Waals surface area (Å²) >= 11 is 6.77. The van der Waals surface area contributed by atoms with E-state index in [-0.39, 0.29) is 5.82 Å². The van der Waals surface area contributed by atoms with Gasteiger partial charge in [-0.15, -0.1) is 0 Å². The Labute approximate surface area is 121 Å². The molecule has 0 aliphatic heterocycles. The molecule has 0 radical (unpaired) electrons. The number of nitrogens with two attached hydrogens (primary N) is 1. The zero-order valence-corrected chi connectivity index (χ0v) is 12.6. The molecule has 0 saturated carbocycles. The van der Waals surface area contributed by atoms with Gasteiger partial charge in [0.15, 0.2) is 0 Å². The van der Waals surface area contributed by atoms with Gasteiger partial charge in [-0.2, -0.15) is 0 Å². The van der Waals surface area contributed by atoms with Crippen LogP contribution in [0.15, 0.2) is 33.3 Å². The van der Waals surface area contributed by atoms with Gasteiger partial charge in [0, 0.05) is 4.47 Å². The first-order valence-corrected chi connectivity index (χ1v) is 6.70. The van der Waals surface area contributed by atoms with E-state index in [9.17, 15) is 4.39 Å². The van der Waals surface area contributed by atoms with Crippen LogP contribution in [-0.4, -0.2) is 4.98 Å². The van der Waals surface area contributed by atoms with Gasteiger partial charge in [0.25, 0.3) is 0 Å². The molecule has 2 aromatic rings. The standard InChI is InChI=1S/C12H10Br2FN3/c1-6-9(16)5-17-12(11(6)14)18-10-4-7(15)2-3-8(10)13/h2-5H,16H2,1H3,(H,17,18). The summed E-state index contributed by atoms with van der Waals surface area (Å²) in [5, 5.41) is 3.05. The topological polar surface area (TPSA) is 50.9 Å². The third-order valence-corrected chi connectivity index (χ3v) is 4.15. The summed E-state index contributed by atoms with van der Waals surface area (Å²) in [7, 11) is 0. The average molecular weight is 375 g/mol. The van der Waals surface area contributed by atoms with Crippen molar-refractivity contribution in [3.63, 3.8) is 0 Å². The Balaban J connectivity index is 2.40. The van der Waals surface area contributed by atoms with Gasteiger partial charge in [-0.3, -0.25) is 0 Å². The molecule has 0 spiro atoms. The molecule has 3 N–H and O–H groups in total. The summed E-state index contributed by atoms with van der Waals surface area (Å²) in [6, 6.07) is 4.41. The van der Waals surface area contributed by atoms with E-state index in [1.807, 2.05) is 6.92 Å². The minimum atomic E-state index is -0.316. The molecule has 3 nitrogen and oxygen atoms in total. The third-order valence-electron chi connectivity index (χ3n) is 2.48. The molecule has 2 rings (SSSR count). The lowest BCUT2D eigenvalue weighted by molar-refractivity contribution is 0.628. The van der Waals surface area contributed by atoms with Crippen LogP contribution in [0.25, 0.3) is 0 Å². The van der Waals surface area contributed by atoms with Crippen molar-refractivity contribution < 1.29 is 4.39 Å². The van der Waals surface area contributed by atoms with Crippen molar-refractivity contribution in [2.24, 2.45) is 0 Å². The highest BCUT2D eigenvalue weighted by Gasteiger charge is 2.09. The van der Waals surface area contributed by atoms with Gasteiger partial charge in [-0.05, 0) is 62.5 Å². The van der Waals surface area contributed by atoms with Crippen molar-refractivity contribution >= 4 is 49.1 Å². The van der Waals surface area contributed by atoms with Gasteiger partial charge in [0.1, 0.15) is 11.6 Å². The molecule has 0 aliphatic carbocycles. The number of rotatable bonds is 2.